The van der Waals surface area contributed by atoms with E-state index in [0.29, 0.717) is 17.5 Å². The normalized spacial score (nSPS) is 11.7. The first-order valence-corrected chi connectivity index (χ1v) is 20.4. The molecule has 0 saturated heterocycles. The molecule has 0 fully saturated rings. The molecule has 0 amide bonds. The largest absolute Gasteiger partial charge is 0.208 e. The van der Waals surface area contributed by atoms with Crippen LogP contribution in [0.2, 0.25) is 0 Å². The summed E-state index contributed by atoms with van der Waals surface area (Å²) in [6.45, 7) is 0. The smallest absolute Gasteiger partial charge is 0.164 e. The number of benzene rings is 11. The molecule has 0 saturated carbocycles. The molecule has 1 aromatic heterocycles. The highest BCUT2D eigenvalue weighted by atomic mass is 15.0. The SMILES string of the molecule is c1cc(-c2cccc(-c3cc4c5ccccc5c5ccccc5c4c4ccccc34)c2)cc(-c2nc(-c3ccc4ccccc4c3)nc(-c3ccc4ccccc4c3)n2)c1. The molecule has 0 aliphatic carbocycles. The molecule has 12 rings (SSSR count). The zero-order valence-electron chi connectivity index (χ0n) is 32.5. The van der Waals surface area contributed by atoms with E-state index in [0.717, 1.165) is 38.6 Å². The van der Waals surface area contributed by atoms with Crippen LogP contribution in [0.25, 0.3) is 121 Å². The van der Waals surface area contributed by atoms with Crippen LogP contribution in [0.15, 0.2) is 212 Å². The van der Waals surface area contributed by atoms with Gasteiger partial charge in [-0.2, -0.15) is 0 Å². The third kappa shape index (κ3) is 5.71. The van der Waals surface area contributed by atoms with Crippen molar-refractivity contribution in [1.82, 2.24) is 15.0 Å². The molecule has 0 atom stereocenters. The standard InChI is InChI=1S/C57H35N3/c1-3-15-38-32-44(29-27-36(38)13-1)56-58-55(59-57(60-56)45-30-28-37-14-2-4-16-39(37)33-45)43-20-12-18-41(34-43)40-17-11-19-42(31-40)52-35-53-48-23-6-5-21-46(48)47-22-7-9-25-50(47)54(53)51-26-10-8-24-49(51)52/h1-35H. The van der Waals surface area contributed by atoms with Crippen LogP contribution in [-0.2, 0) is 0 Å². The predicted octanol–water partition coefficient (Wildman–Crippen LogP) is 15.1. The third-order valence-electron chi connectivity index (χ3n) is 12.0. The maximum atomic E-state index is 5.16. The van der Waals surface area contributed by atoms with Gasteiger partial charge in [-0.25, -0.2) is 15.0 Å². The van der Waals surface area contributed by atoms with Crippen molar-refractivity contribution >= 4 is 64.6 Å². The molecule has 3 nitrogen and oxygen atoms in total. The Morgan fingerprint density at radius 3 is 1.17 bits per heavy atom. The molecule has 3 heteroatoms. The van der Waals surface area contributed by atoms with Gasteiger partial charge < -0.3 is 0 Å². The minimum atomic E-state index is 0.633. The second kappa shape index (κ2) is 13.8. The molecular formula is C57H35N3. The lowest BCUT2D eigenvalue weighted by Gasteiger charge is -2.16. The summed E-state index contributed by atoms with van der Waals surface area (Å²) in [5, 5.41) is 14.8. The molecule has 0 unspecified atom stereocenters. The molecule has 0 spiro atoms. The van der Waals surface area contributed by atoms with Crippen LogP contribution in [0.4, 0.5) is 0 Å². The Morgan fingerprint density at radius 1 is 0.217 bits per heavy atom. The van der Waals surface area contributed by atoms with E-state index in [4.69, 9.17) is 15.0 Å². The maximum absolute atomic E-state index is 5.16. The second-order valence-corrected chi connectivity index (χ2v) is 15.6. The van der Waals surface area contributed by atoms with Crippen LogP contribution in [0.5, 0.6) is 0 Å². The van der Waals surface area contributed by atoms with Crippen LogP contribution in [-0.4, -0.2) is 15.0 Å². The maximum Gasteiger partial charge on any atom is 0.164 e. The number of fused-ring (bicyclic) bond motifs is 10. The molecule has 0 aliphatic rings. The molecule has 0 radical (unpaired) electrons. The van der Waals surface area contributed by atoms with Gasteiger partial charge >= 0.3 is 0 Å². The van der Waals surface area contributed by atoms with Gasteiger partial charge in [0.25, 0.3) is 0 Å². The Morgan fingerprint density at radius 2 is 0.600 bits per heavy atom. The highest BCUT2D eigenvalue weighted by Crippen LogP contribution is 2.43. The molecule has 1 heterocycles. The fourth-order valence-corrected chi connectivity index (χ4v) is 9.13. The topological polar surface area (TPSA) is 38.7 Å². The first-order valence-electron chi connectivity index (χ1n) is 20.4. The van der Waals surface area contributed by atoms with Crippen LogP contribution in [0.3, 0.4) is 0 Å². The Balaban J connectivity index is 1.01. The number of hydrogen-bond acceptors (Lipinski definition) is 3. The lowest BCUT2D eigenvalue weighted by molar-refractivity contribution is 1.08. The number of rotatable bonds is 5. The van der Waals surface area contributed by atoms with Crippen LogP contribution >= 0.6 is 0 Å². The van der Waals surface area contributed by atoms with Crippen molar-refractivity contribution in [3.63, 3.8) is 0 Å². The highest BCUT2D eigenvalue weighted by Gasteiger charge is 2.17. The van der Waals surface area contributed by atoms with E-state index in [9.17, 15) is 0 Å². The summed E-state index contributed by atoms with van der Waals surface area (Å²) in [6, 6.07) is 76.1. The van der Waals surface area contributed by atoms with E-state index in [1.54, 1.807) is 0 Å². The van der Waals surface area contributed by atoms with E-state index >= 15 is 0 Å². The first kappa shape index (κ1) is 34.1. The lowest BCUT2D eigenvalue weighted by atomic mass is 9.87. The van der Waals surface area contributed by atoms with Gasteiger partial charge in [-0.15, -0.1) is 0 Å². The zero-order valence-corrected chi connectivity index (χ0v) is 32.5. The summed E-state index contributed by atoms with van der Waals surface area (Å²) in [6.07, 6.45) is 0. The summed E-state index contributed by atoms with van der Waals surface area (Å²) < 4.78 is 0. The summed E-state index contributed by atoms with van der Waals surface area (Å²) in [5.41, 5.74) is 7.44. The average molecular weight is 762 g/mol. The Labute approximate surface area is 346 Å². The number of hydrogen-bond donors (Lipinski definition) is 0. The molecule has 12 aromatic rings. The molecule has 0 bridgehead atoms. The van der Waals surface area contributed by atoms with E-state index in [-0.39, 0.29) is 0 Å². The van der Waals surface area contributed by atoms with Gasteiger partial charge in [0, 0.05) is 16.7 Å². The average Bonchev–Trinajstić information content (AvgIpc) is 3.33. The number of aromatic nitrogens is 3. The molecule has 0 aliphatic heterocycles. The van der Waals surface area contributed by atoms with Crippen molar-refractivity contribution in [1.29, 1.82) is 0 Å². The van der Waals surface area contributed by atoms with Gasteiger partial charge in [0.1, 0.15) is 0 Å². The van der Waals surface area contributed by atoms with Gasteiger partial charge in [0.2, 0.25) is 0 Å². The number of nitrogens with zero attached hydrogens (tertiary/aromatic N) is 3. The fraction of sp³-hybridized carbons (Fsp3) is 0. The van der Waals surface area contributed by atoms with E-state index in [1.165, 1.54) is 65.0 Å². The van der Waals surface area contributed by atoms with E-state index in [1.807, 2.05) is 0 Å². The Hall–Kier alpha value is -8.01. The summed E-state index contributed by atoms with van der Waals surface area (Å²) in [5.74, 6) is 1.92. The predicted molar refractivity (Wildman–Crippen MR) is 252 cm³/mol. The fourth-order valence-electron chi connectivity index (χ4n) is 9.13. The minimum absolute atomic E-state index is 0.633. The lowest BCUT2D eigenvalue weighted by Crippen LogP contribution is -2.00. The van der Waals surface area contributed by atoms with Gasteiger partial charge in [0.15, 0.2) is 17.5 Å². The van der Waals surface area contributed by atoms with Crippen molar-refractivity contribution in [2.75, 3.05) is 0 Å². The third-order valence-corrected chi connectivity index (χ3v) is 12.0. The zero-order chi connectivity index (χ0) is 39.6. The van der Waals surface area contributed by atoms with Crippen molar-refractivity contribution < 1.29 is 0 Å². The van der Waals surface area contributed by atoms with Crippen molar-refractivity contribution in [2.24, 2.45) is 0 Å². The summed E-state index contributed by atoms with van der Waals surface area (Å²) in [7, 11) is 0. The van der Waals surface area contributed by atoms with E-state index in [2.05, 4.69) is 212 Å². The molecular weight excluding hydrogens is 727 g/mol. The molecule has 11 aromatic carbocycles. The van der Waals surface area contributed by atoms with Crippen LogP contribution in [0.1, 0.15) is 0 Å². The molecule has 278 valence electrons. The van der Waals surface area contributed by atoms with Crippen molar-refractivity contribution in [3.8, 4) is 56.4 Å². The van der Waals surface area contributed by atoms with Gasteiger partial charge in [-0.05, 0) is 117 Å². The van der Waals surface area contributed by atoms with Gasteiger partial charge in [-0.1, -0.05) is 182 Å². The quantitative estimate of drug-likeness (QED) is 0.164. The minimum Gasteiger partial charge on any atom is -0.208 e. The van der Waals surface area contributed by atoms with E-state index < -0.39 is 0 Å². The van der Waals surface area contributed by atoms with Gasteiger partial charge in [0.05, 0.1) is 0 Å². The van der Waals surface area contributed by atoms with Crippen molar-refractivity contribution in [2.45, 2.75) is 0 Å². The van der Waals surface area contributed by atoms with Crippen molar-refractivity contribution in [3.05, 3.63) is 212 Å². The Bertz CT molecular complexity index is 3580. The van der Waals surface area contributed by atoms with Crippen LogP contribution in [0, 0.1) is 0 Å². The van der Waals surface area contributed by atoms with Gasteiger partial charge in [-0.3, -0.25) is 0 Å². The molecule has 60 heavy (non-hydrogen) atoms. The Kier molecular flexibility index (Phi) is 7.85. The first-order chi connectivity index (χ1) is 29.7. The second-order valence-electron chi connectivity index (χ2n) is 15.6. The highest BCUT2D eigenvalue weighted by molar-refractivity contribution is 6.33. The van der Waals surface area contributed by atoms with Crippen LogP contribution < -0.4 is 0 Å². The monoisotopic (exact) mass is 761 g/mol. The molecule has 0 N–H and O–H groups in total. The summed E-state index contributed by atoms with van der Waals surface area (Å²) in [4.78, 5) is 15.4. The summed E-state index contributed by atoms with van der Waals surface area (Å²) >= 11 is 0.